The number of benzene rings is 2. The molecule has 0 aliphatic carbocycles. The minimum Gasteiger partial charge on any atom is -0.392 e. The van der Waals surface area contributed by atoms with Gasteiger partial charge in [-0.3, -0.25) is 0 Å². The van der Waals surface area contributed by atoms with Gasteiger partial charge in [0.25, 0.3) is 0 Å². The van der Waals surface area contributed by atoms with E-state index in [1.54, 1.807) is 0 Å². The summed E-state index contributed by atoms with van der Waals surface area (Å²) in [6.07, 6.45) is 0.974. The molecule has 0 amide bonds. The van der Waals surface area contributed by atoms with Crippen molar-refractivity contribution >= 4 is 11.6 Å². The van der Waals surface area contributed by atoms with Gasteiger partial charge in [0, 0.05) is 10.6 Å². The fourth-order valence-electron chi connectivity index (χ4n) is 1.92. The zero-order valence-electron chi connectivity index (χ0n) is 9.78. The Morgan fingerprint density at radius 1 is 1.06 bits per heavy atom. The van der Waals surface area contributed by atoms with Crippen molar-refractivity contribution in [2.45, 2.75) is 20.0 Å². The fourth-order valence-corrected chi connectivity index (χ4v) is 2.22. The van der Waals surface area contributed by atoms with E-state index in [9.17, 15) is 5.11 Å². The van der Waals surface area contributed by atoms with E-state index in [1.165, 1.54) is 5.56 Å². The number of hydrogen-bond donors (Lipinski definition) is 1. The Bertz CT molecular complexity index is 520. The summed E-state index contributed by atoms with van der Waals surface area (Å²) in [6, 6.07) is 13.9. The van der Waals surface area contributed by atoms with Gasteiger partial charge in [0.1, 0.15) is 0 Å². The van der Waals surface area contributed by atoms with Crippen LogP contribution in [0, 0.1) is 0 Å². The maximum atomic E-state index is 9.33. The van der Waals surface area contributed by atoms with Crippen LogP contribution in [0.4, 0.5) is 0 Å². The largest absolute Gasteiger partial charge is 0.392 e. The van der Waals surface area contributed by atoms with E-state index in [0.717, 1.165) is 28.1 Å². The predicted molar refractivity (Wildman–Crippen MR) is 72.2 cm³/mol. The summed E-state index contributed by atoms with van der Waals surface area (Å²) in [5.41, 5.74) is 4.11. The zero-order chi connectivity index (χ0) is 12.3. The molecule has 0 saturated carbocycles. The average molecular weight is 247 g/mol. The summed E-state index contributed by atoms with van der Waals surface area (Å²) in [5.74, 6) is 0. The van der Waals surface area contributed by atoms with Crippen molar-refractivity contribution in [3.05, 3.63) is 58.6 Å². The molecule has 0 spiro atoms. The van der Waals surface area contributed by atoms with E-state index in [1.807, 2.05) is 36.4 Å². The van der Waals surface area contributed by atoms with Gasteiger partial charge in [0.15, 0.2) is 0 Å². The second-order valence-electron chi connectivity index (χ2n) is 3.98. The summed E-state index contributed by atoms with van der Waals surface area (Å²) in [7, 11) is 0. The molecule has 2 rings (SSSR count). The lowest BCUT2D eigenvalue weighted by atomic mass is 9.98. The lowest BCUT2D eigenvalue weighted by molar-refractivity contribution is 0.282. The Morgan fingerprint density at radius 2 is 1.82 bits per heavy atom. The van der Waals surface area contributed by atoms with E-state index in [0.29, 0.717) is 0 Å². The molecule has 0 fully saturated rings. The highest BCUT2D eigenvalue weighted by Gasteiger charge is 2.07. The first-order valence-corrected chi connectivity index (χ1v) is 6.11. The molecule has 0 bridgehead atoms. The molecule has 0 unspecified atom stereocenters. The number of aliphatic hydroxyl groups excluding tert-OH is 1. The van der Waals surface area contributed by atoms with Crippen LogP contribution in [0.15, 0.2) is 42.5 Å². The molecule has 0 atom stereocenters. The molecule has 0 aliphatic rings. The van der Waals surface area contributed by atoms with Gasteiger partial charge in [-0.2, -0.15) is 0 Å². The maximum absolute atomic E-state index is 9.33. The summed E-state index contributed by atoms with van der Waals surface area (Å²) in [5, 5.41) is 10.1. The quantitative estimate of drug-likeness (QED) is 0.866. The third-order valence-corrected chi connectivity index (χ3v) is 3.23. The summed E-state index contributed by atoms with van der Waals surface area (Å²) in [6.45, 7) is 2.13. The highest BCUT2D eigenvalue weighted by molar-refractivity contribution is 6.33. The molecule has 17 heavy (non-hydrogen) atoms. The van der Waals surface area contributed by atoms with Crippen molar-refractivity contribution in [1.29, 1.82) is 0 Å². The number of halogens is 1. The van der Waals surface area contributed by atoms with Gasteiger partial charge in [-0.15, -0.1) is 0 Å². The van der Waals surface area contributed by atoms with Crippen molar-refractivity contribution in [2.75, 3.05) is 0 Å². The van der Waals surface area contributed by atoms with Gasteiger partial charge in [0.2, 0.25) is 0 Å². The number of rotatable bonds is 3. The van der Waals surface area contributed by atoms with Crippen LogP contribution in [0.2, 0.25) is 5.02 Å². The molecule has 1 nitrogen and oxygen atoms in total. The van der Waals surface area contributed by atoms with Gasteiger partial charge < -0.3 is 5.11 Å². The van der Waals surface area contributed by atoms with Gasteiger partial charge in [0.05, 0.1) is 6.61 Å². The third kappa shape index (κ3) is 2.51. The number of aryl methyl sites for hydroxylation is 1. The van der Waals surface area contributed by atoms with Crippen molar-refractivity contribution in [2.24, 2.45) is 0 Å². The lowest BCUT2D eigenvalue weighted by Gasteiger charge is -2.10. The van der Waals surface area contributed by atoms with Crippen molar-refractivity contribution in [3.63, 3.8) is 0 Å². The minimum absolute atomic E-state index is 0.0298. The number of hydrogen-bond acceptors (Lipinski definition) is 1. The van der Waals surface area contributed by atoms with Crippen LogP contribution in [0.1, 0.15) is 18.1 Å². The molecule has 2 aromatic carbocycles. The number of aliphatic hydroxyl groups is 1. The Hall–Kier alpha value is -1.31. The Balaban J connectivity index is 2.53. The molecular formula is C15H15ClO. The Labute approximate surface area is 107 Å². The Morgan fingerprint density at radius 3 is 2.47 bits per heavy atom. The SMILES string of the molecule is CCc1ccc(-c2ccccc2CO)c(Cl)c1. The van der Waals surface area contributed by atoms with E-state index in [2.05, 4.69) is 13.0 Å². The average Bonchev–Trinajstić information content (AvgIpc) is 2.38. The third-order valence-electron chi connectivity index (χ3n) is 2.92. The molecule has 0 heterocycles. The standard InChI is InChI=1S/C15H15ClO/c1-2-11-7-8-14(15(16)9-11)13-6-4-3-5-12(13)10-17/h3-9,17H,2,10H2,1H3. The predicted octanol–water partition coefficient (Wildman–Crippen LogP) is 4.06. The highest BCUT2D eigenvalue weighted by atomic mass is 35.5. The van der Waals surface area contributed by atoms with E-state index in [4.69, 9.17) is 11.6 Å². The van der Waals surface area contributed by atoms with Gasteiger partial charge in [-0.25, -0.2) is 0 Å². The van der Waals surface area contributed by atoms with Crippen molar-refractivity contribution in [3.8, 4) is 11.1 Å². The van der Waals surface area contributed by atoms with Crippen LogP contribution < -0.4 is 0 Å². The van der Waals surface area contributed by atoms with Crippen LogP contribution in [0.25, 0.3) is 11.1 Å². The molecule has 0 radical (unpaired) electrons. The molecule has 1 N–H and O–H groups in total. The normalized spacial score (nSPS) is 10.5. The zero-order valence-corrected chi connectivity index (χ0v) is 10.5. The molecule has 0 aliphatic heterocycles. The smallest absolute Gasteiger partial charge is 0.0687 e. The van der Waals surface area contributed by atoms with E-state index < -0.39 is 0 Å². The Kier molecular flexibility index (Phi) is 3.82. The first kappa shape index (κ1) is 12.2. The maximum Gasteiger partial charge on any atom is 0.0687 e. The second kappa shape index (κ2) is 5.35. The van der Waals surface area contributed by atoms with E-state index in [-0.39, 0.29) is 6.61 Å². The molecule has 2 heteroatoms. The van der Waals surface area contributed by atoms with Crippen molar-refractivity contribution in [1.82, 2.24) is 0 Å². The fraction of sp³-hybridized carbons (Fsp3) is 0.200. The minimum atomic E-state index is 0.0298. The summed E-state index contributed by atoms with van der Waals surface area (Å²) in [4.78, 5) is 0. The van der Waals surface area contributed by atoms with Crippen molar-refractivity contribution < 1.29 is 5.11 Å². The van der Waals surface area contributed by atoms with Gasteiger partial charge in [-0.1, -0.05) is 54.9 Å². The first-order valence-electron chi connectivity index (χ1n) is 5.73. The van der Waals surface area contributed by atoms with Crippen LogP contribution in [0.3, 0.4) is 0 Å². The van der Waals surface area contributed by atoms with Gasteiger partial charge in [-0.05, 0) is 29.2 Å². The van der Waals surface area contributed by atoms with Crippen LogP contribution in [0.5, 0.6) is 0 Å². The molecule has 0 aromatic heterocycles. The second-order valence-corrected chi connectivity index (χ2v) is 4.39. The lowest BCUT2D eigenvalue weighted by Crippen LogP contribution is -1.90. The molecule has 0 saturated heterocycles. The monoisotopic (exact) mass is 246 g/mol. The van der Waals surface area contributed by atoms with Crippen LogP contribution in [-0.4, -0.2) is 5.11 Å². The van der Waals surface area contributed by atoms with E-state index >= 15 is 0 Å². The molecule has 88 valence electrons. The summed E-state index contributed by atoms with van der Waals surface area (Å²) < 4.78 is 0. The summed E-state index contributed by atoms with van der Waals surface area (Å²) >= 11 is 6.29. The topological polar surface area (TPSA) is 20.2 Å². The molecular weight excluding hydrogens is 232 g/mol. The van der Waals surface area contributed by atoms with Gasteiger partial charge >= 0.3 is 0 Å². The van der Waals surface area contributed by atoms with Crippen LogP contribution in [-0.2, 0) is 13.0 Å². The van der Waals surface area contributed by atoms with Crippen LogP contribution >= 0.6 is 11.6 Å². The molecule has 2 aromatic rings. The first-order chi connectivity index (χ1) is 8.26. The highest BCUT2D eigenvalue weighted by Crippen LogP contribution is 2.31.